The van der Waals surface area contributed by atoms with Gasteiger partial charge in [0, 0.05) is 22.8 Å². The molecule has 1 radical (unpaired) electrons. The number of hydrogen-bond acceptors (Lipinski definition) is 3. The monoisotopic (exact) mass is 295 g/mol. The van der Waals surface area contributed by atoms with Crippen molar-refractivity contribution in [1.29, 1.82) is 0 Å². The molecule has 0 aliphatic rings. The lowest BCUT2D eigenvalue weighted by atomic mass is 9.91. The van der Waals surface area contributed by atoms with E-state index in [4.69, 9.17) is 0 Å². The maximum atomic E-state index is 12.6. The van der Waals surface area contributed by atoms with Gasteiger partial charge >= 0.3 is 0 Å². The van der Waals surface area contributed by atoms with Crippen LogP contribution in [-0.4, -0.2) is 16.0 Å². The topological polar surface area (TPSA) is 77.4 Å². The fourth-order valence-electron chi connectivity index (χ4n) is 2.90. The summed E-state index contributed by atoms with van der Waals surface area (Å²) in [4.78, 5) is 12.5. The van der Waals surface area contributed by atoms with Gasteiger partial charge in [-0.15, -0.1) is 0 Å². The van der Waals surface area contributed by atoms with Crippen LogP contribution in [0.2, 0.25) is 0 Å². The van der Waals surface area contributed by atoms with Gasteiger partial charge in [0.15, 0.2) is 5.78 Å². The average molecular weight is 295 g/mol. The molecule has 0 aliphatic heterocycles. The Hall–Kier alpha value is -2.75. The molecule has 3 rings (SSSR count). The number of fused-ring (bicyclic) bond motifs is 2. The molecular formula is C18H15O4. The minimum atomic E-state index is -0.464. The Labute approximate surface area is 127 Å². The van der Waals surface area contributed by atoms with Crippen molar-refractivity contribution < 1.29 is 20.1 Å². The van der Waals surface area contributed by atoms with Crippen molar-refractivity contribution in [2.45, 2.75) is 19.8 Å². The number of carbonyl (C=O) groups excluding carboxylic acids is 1. The summed E-state index contributed by atoms with van der Waals surface area (Å²) < 4.78 is 0. The van der Waals surface area contributed by atoms with E-state index in [9.17, 15) is 20.1 Å². The van der Waals surface area contributed by atoms with Crippen LogP contribution in [0.3, 0.4) is 0 Å². The highest BCUT2D eigenvalue weighted by molar-refractivity contribution is 6.23. The molecule has 0 fully saturated rings. The minimum absolute atomic E-state index is 0.0796. The van der Waals surface area contributed by atoms with Crippen molar-refractivity contribution in [3.8, 4) is 17.2 Å². The standard InChI is InChI=1S/C18H15O4/c1-2-5-12(19)15-10-6-3-8-13(20)16(10)18(22)17-11(15)7-4-9-14(17)21/h3-4,6-9,20-21H,2,5H2,1H3. The van der Waals surface area contributed by atoms with Gasteiger partial charge in [0.2, 0.25) is 5.75 Å². The van der Waals surface area contributed by atoms with Gasteiger partial charge in [-0.25, -0.2) is 0 Å². The first-order chi connectivity index (χ1) is 10.6. The van der Waals surface area contributed by atoms with Gasteiger partial charge in [-0.3, -0.25) is 9.90 Å². The Bertz CT molecular complexity index is 834. The molecule has 0 aromatic heterocycles. The number of ketones is 1. The van der Waals surface area contributed by atoms with Crippen LogP contribution in [0.25, 0.3) is 21.5 Å². The number of aromatic hydroxyl groups is 2. The van der Waals surface area contributed by atoms with Crippen molar-refractivity contribution in [1.82, 2.24) is 0 Å². The SMILES string of the molecule is CCCC(=O)c1c2cccc(O)c2c([O])c2c(O)cccc12. The normalized spacial score (nSPS) is 11.1. The molecular weight excluding hydrogens is 280 g/mol. The number of phenolic OH excluding ortho intramolecular Hbond substituents is 2. The van der Waals surface area contributed by atoms with Crippen LogP contribution < -0.4 is 0 Å². The van der Waals surface area contributed by atoms with Gasteiger partial charge in [0.05, 0.1) is 10.8 Å². The number of rotatable bonds is 3. The molecule has 0 saturated heterocycles. The van der Waals surface area contributed by atoms with E-state index in [1.807, 2.05) is 6.92 Å². The van der Waals surface area contributed by atoms with Crippen LogP contribution in [0.1, 0.15) is 30.1 Å². The van der Waals surface area contributed by atoms with Crippen LogP contribution in [0, 0.1) is 0 Å². The summed E-state index contributed by atoms with van der Waals surface area (Å²) in [6, 6.07) is 9.34. The van der Waals surface area contributed by atoms with Crippen molar-refractivity contribution >= 4 is 27.3 Å². The number of phenols is 2. The Morgan fingerprint density at radius 2 is 1.45 bits per heavy atom. The van der Waals surface area contributed by atoms with Crippen molar-refractivity contribution in [2.75, 3.05) is 0 Å². The van der Waals surface area contributed by atoms with Crippen LogP contribution >= 0.6 is 0 Å². The molecule has 4 heteroatoms. The highest BCUT2D eigenvalue weighted by atomic mass is 16.3. The third-order valence-corrected chi connectivity index (χ3v) is 3.83. The summed E-state index contributed by atoms with van der Waals surface area (Å²) in [5.41, 5.74) is 0.387. The quantitative estimate of drug-likeness (QED) is 0.550. The first-order valence-electron chi connectivity index (χ1n) is 7.15. The second-order valence-electron chi connectivity index (χ2n) is 5.28. The highest BCUT2D eigenvalue weighted by Crippen LogP contribution is 2.45. The third kappa shape index (κ3) is 1.96. The maximum Gasteiger partial charge on any atom is 0.201 e. The molecule has 3 aromatic rings. The fraction of sp³-hybridized carbons (Fsp3) is 0.167. The van der Waals surface area contributed by atoms with E-state index >= 15 is 0 Å². The van der Waals surface area contributed by atoms with E-state index in [0.717, 1.165) is 0 Å². The summed E-state index contributed by atoms with van der Waals surface area (Å²) in [6.07, 6.45) is 1.02. The van der Waals surface area contributed by atoms with E-state index < -0.39 is 5.75 Å². The second-order valence-corrected chi connectivity index (χ2v) is 5.28. The molecule has 0 atom stereocenters. The molecule has 2 N–H and O–H groups in total. The van der Waals surface area contributed by atoms with Gasteiger partial charge < -0.3 is 10.2 Å². The predicted molar refractivity (Wildman–Crippen MR) is 84.2 cm³/mol. The Morgan fingerprint density at radius 1 is 0.955 bits per heavy atom. The number of benzene rings is 3. The first-order valence-corrected chi connectivity index (χ1v) is 7.15. The Kier molecular flexibility index (Phi) is 3.37. The van der Waals surface area contributed by atoms with Gasteiger partial charge in [0.1, 0.15) is 11.5 Å². The van der Waals surface area contributed by atoms with Crippen molar-refractivity contribution in [3.05, 3.63) is 42.0 Å². The Balaban J connectivity index is 2.59. The predicted octanol–water partition coefficient (Wildman–Crippen LogP) is 4.53. The molecule has 111 valence electrons. The van der Waals surface area contributed by atoms with Gasteiger partial charge in [0.25, 0.3) is 0 Å². The molecule has 3 aromatic carbocycles. The van der Waals surface area contributed by atoms with Crippen LogP contribution in [0.5, 0.6) is 17.2 Å². The van der Waals surface area contributed by atoms with E-state index in [2.05, 4.69) is 0 Å². The van der Waals surface area contributed by atoms with Gasteiger partial charge in [-0.1, -0.05) is 31.2 Å². The minimum Gasteiger partial charge on any atom is -0.507 e. The summed E-state index contributed by atoms with van der Waals surface area (Å²) in [6.45, 7) is 1.90. The summed E-state index contributed by atoms with van der Waals surface area (Å²) >= 11 is 0. The number of hydrogen-bond donors (Lipinski definition) is 2. The zero-order chi connectivity index (χ0) is 15.9. The maximum absolute atomic E-state index is 12.6. The molecule has 0 unspecified atom stereocenters. The van der Waals surface area contributed by atoms with E-state index in [-0.39, 0.29) is 28.1 Å². The molecule has 22 heavy (non-hydrogen) atoms. The first kappa shape index (κ1) is 14.2. The van der Waals surface area contributed by atoms with Crippen LogP contribution in [-0.2, 0) is 5.11 Å². The molecule has 4 nitrogen and oxygen atoms in total. The van der Waals surface area contributed by atoms with E-state index in [0.29, 0.717) is 29.2 Å². The van der Waals surface area contributed by atoms with E-state index in [1.54, 1.807) is 24.3 Å². The Morgan fingerprint density at radius 3 is 1.91 bits per heavy atom. The van der Waals surface area contributed by atoms with Gasteiger partial charge in [-0.2, -0.15) is 0 Å². The fourth-order valence-corrected chi connectivity index (χ4v) is 2.90. The largest absolute Gasteiger partial charge is 0.507 e. The molecule has 0 aliphatic carbocycles. The zero-order valence-electron chi connectivity index (χ0n) is 12.1. The second kappa shape index (κ2) is 5.22. The third-order valence-electron chi connectivity index (χ3n) is 3.83. The average Bonchev–Trinajstić information content (AvgIpc) is 2.47. The molecule has 0 saturated carbocycles. The number of carbonyl (C=O) groups is 1. The van der Waals surface area contributed by atoms with Gasteiger partial charge in [-0.05, 0) is 18.6 Å². The molecule has 0 amide bonds. The lowest BCUT2D eigenvalue weighted by Crippen LogP contribution is -2.01. The van der Waals surface area contributed by atoms with Crippen LogP contribution in [0.4, 0.5) is 0 Å². The summed E-state index contributed by atoms with van der Waals surface area (Å²) in [7, 11) is 0. The smallest absolute Gasteiger partial charge is 0.201 e. The van der Waals surface area contributed by atoms with Crippen molar-refractivity contribution in [3.63, 3.8) is 0 Å². The van der Waals surface area contributed by atoms with Crippen LogP contribution in [0.15, 0.2) is 36.4 Å². The zero-order valence-corrected chi connectivity index (χ0v) is 12.1. The number of Topliss-reactive ketones (excluding diaryl/α,β-unsaturated/α-hetero) is 1. The lowest BCUT2D eigenvalue weighted by Gasteiger charge is -2.13. The molecule has 0 bridgehead atoms. The summed E-state index contributed by atoms with van der Waals surface area (Å²) in [5, 5.41) is 33.7. The molecule has 0 heterocycles. The van der Waals surface area contributed by atoms with Crippen molar-refractivity contribution in [2.24, 2.45) is 0 Å². The highest BCUT2D eigenvalue weighted by Gasteiger charge is 2.22. The lowest BCUT2D eigenvalue weighted by molar-refractivity contribution is 0.0985. The molecule has 0 spiro atoms. The summed E-state index contributed by atoms with van der Waals surface area (Å²) in [5.74, 6) is -0.931. The van der Waals surface area contributed by atoms with E-state index in [1.165, 1.54) is 12.1 Å².